The lowest BCUT2D eigenvalue weighted by Gasteiger charge is -2.29. The molecule has 0 amide bonds. The molecule has 9 heteroatoms. The van der Waals surface area contributed by atoms with E-state index in [0.29, 0.717) is 34.5 Å². The molecule has 7 nitrogen and oxygen atoms in total. The van der Waals surface area contributed by atoms with Gasteiger partial charge in [0.05, 0.1) is 24.7 Å². The van der Waals surface area contributed by atoms with Crippen LogP contribution in [0.25, 0.3) is 0 Å². The Morgan fingerprint density at radius 1 is 1.30 bits per heavy atom. The second-order valence-electron chi connectivity index (χ2n) is 6.71. The summed E-state index contributed by atoms with van der Waals surface area (Å²) in [5.74, 6) is -1.42. The molecule has 2 N–H and O–H groups in total. The van der Waals surface area contributed by atoms with Crippen LogP contribution in [0.5, 0.6) is 5.75 Å². The molecule has 3 rings (SSSR count). The fourth-order valence-electron chi connectivity index (χ4n) is 3.50. The fraction of sp³-hybridized carbons (Fsp3) is 0.333. The monoisotopic (exact) mass is 452 g/mol. The summed E-state index contributed by atoms with van der Waals surface area (Å²) in [7, 11) is 1.56. The van der Waals surface area contributed by atoms with E-state index in [4.69, 9.17) is 43.1 Å². The molecule has 1 aliphatic rings. The smallest absolute Gasteiger partial charge is 0.340 e. The average Bonchev–Trinajstić information content (AvgIpc) is 2.67. The minimum atomic E-state index is -0.875. The number of aromatic nitrogens is 1. The average molecular weight is 453 g/mol. The number of nitrogens with zero attached hydrogens (tertiary/aromatic N) is 1. The van der Waals surface area contributed by atoms with Crippen LogP contribution >= 0.6 is 23.2 Å². The van der Waals surface area contributed by atoms with E-state index in [-0.39, 0.29) is 34.9 Å². The van der Waals surface area contributed by atoms with E-state index < -0.39 is 11.9 Å². The van der Waals surface area contributed by atoms with Gasteiger partial charge in [0.25, 0.3) is 5.56 Å². The van der Waals surface area contributed by atoms with Crippen molar-refractivity contribution in [2.75, 3.05) is 20.3 Å². The van der Waals surface area contributed by atoms with Crippen molar-refractivity contribution in [1.29, 1.82) is 0 Å². The summed E-state index contributed by atoms with van der Waals surface area (Å²) < 4.78 is 17.6. The van der Waals surface area contributed by atoms with Gasteiger partial charge in [-0.25, -0.2) is 4.79 Å². The highest BCUT2D eigenvalue weighted by atomic mass is 35.5. The minimum absolute atomic E-state index is 0.0211. The zero-order valence-electron chi connectivity index (χ0n) is 16.8. The van der Waals surface area contributed by atoms with Crippen molar-refractivity contribution in [2.45, 2.75) is 26.3 Å². The number of halogens is 2. The third-order valence-corrected chi connectivity index (χ3v) is 5.42. The molecule has 1 unspecified atom stereocenters. The van der Waals surface area contributed by atoms with Crippen LogP contribution in [0.1, 0.15) is 29.7 Å². The van der Waals surface area contributed by atoms with Crippen molar-refractivity contribution in [3.63, 3.8) is 0 Å². The maximum atomic E-state index is 13.5. The lowest BCUT2D eigenvalue weighted by atomic mass is 9.83. The molecule has 1 atom stereocenters. The minimum Gasteiger partial charge on any atom is -0.462 e. The first kappa shape index (κ1) is 22.2. The summed E-state index contributed by atoms with van der Waals surface area (Å²) >= 11 is 12.5. The second kappa shape index (κ2) is 9.12. The molecule has 0 saturated heterocycles. The highest BCUT2D eigenvalue weighted by Gasteiger charge is 2.39. The Morgan fingerprint density at radius 2 is 2.03 bits per heavy atom. The van der Waals surface area contributed by atoms with Crippen LogP contribution in [0.3, 0.4) is 0 Å². The number of esters is 1. The Kier molecular flexibility index (Phi) is 6.75. The lowest BCUT2D eigenvalue weighted by molar-refractivity contribution is -0.139. The normalized spacial score (nSPS) is 15.6. The number of aryl methyl sites for hydroxylation is 1. The number of hydrogen-bond donors (Lipinski definition) is 1. The quantitative estimate of drug-likeness (QED) is 0.675. The van der Waals surface area contributed by atoms with Crippen molar-refractivity contribution < 1.29 is 19.0 Å². The molecule has 2 heterocycles. The van der Waals surface area contributed by atoms with Gasteiger partial charge in [0, 0.05) is 35.5 Å². The van der Waals surface area contributed by atoms with Gasteiger partial charge < -0.3 is 24.5 Å². The number of nitrogens with two attached hydrogens (primary N) is 1. The van der Waals surface area contributed by atoms with Crippen molar-refractivity contribution in [3.05, 3.63) is 72.9 Å². The molecule has 0 fully saturated rings. The van der Waals surface area contributed by atoms with E-state index in [1.54, 1.807) is 49.8 Å². The first-order valence-corrected chi connectivity index (χ1v) is 10.1. The molecule has 0 spiro atoms. The Bertz CT molecular complexity index is 1080. The highest BCUT2D eigenvalue weighted by Crippen LogP contribution is 2.43. The Morgan fingerprint density at radius 3 is 2.67 bits per heavy atom. The van der Waals surface area contributed by atoms with Gasteiger partial charge in [0.15, 0.2) is 0 Å². The van der Waals surface area contributed by atoms with Crippen LogP contribution in [-0.4, -0.2) is 30.9 Å². The van der Waals surface area contributed by atoms with Crippen molar-refractivity contribution in [3.8, 4) is 5.75 Å². The number of carbonyl (C=O) groups excluding carboxylic acids is 1. The van der Waals surface area contributed by atoms with Gasteiger partial charge >= 0.3 is 5.97 Å². The van der Waals surface area contributed by atoms with Gasteiger partial charge in [0.2, 0.25) is 5.88 Å². The maximum Gasteiger partial charge on any atom is 0.340 e. The fourth-order valence-corrected chi connectivity index (χ4v) is 4.02. The molecule has 2 aromatic rings. The third kappa shape index (κ3) is 4.05. The van der Waals surface area contributed by atoms with Crippen LogP contribution < -0.4 is 16.0 Å². The molecule has 0 bridgehead atoms. The predicted octanol–water partition coefficient (Wildman–Crippen LogP) is 3.37. The number of benzene rings is 1. The molecule has 1 aromatic carbocycles. The number of methoxy groups -OCH3 is 1. The summed E-state index contributed by atoms with van der Waals surface area (Å²) in [4.78, 5) is 26.3. The zero-order chi connectivity index (χ0) is 22.0. The predicted molar refractivity (Wildman–Crippen MR) is 114 cm³/mol. The SMILES string of the molecule is CCOC(=O)C1=C(N)Oc2cc(C)n(CCOC)c(=O)c2C1c1ccc(Cl)cc1Cl. The second-order valence-corrected chi connectivity index (χ2v) is 7.56. The topological polar surface area (TPSA) is 92.8 Å². The molecular weight excluding hydrogens is 431 g/mol. The van der Waals surface area contributed by atoms with Crippen LogP contribution in [-0.2, 0) is 20.8 Å². The van der Waals surface area contributed by atoms with Crippen LogP contribution in [0.15, 0.2) is 40.5 Å². The van der Waals surface area contributed by atoms with Gasteiger partial charge in [-0.15, -0.1) is 0 Å². The van der Waals surface area contributed by atoms with E-state index in [0.717, 1.165) is 0 Å². The zero-order valence-corrected chi connectivity index (χ0v) is 18.3. The molecule has 0 aliphatic carbocycles. The van der Waals surface area contributed by atoms with E-state index in [1.807, 2.05) is 0 Å². The number of ether oxygens (including phenoxy) is 3. The first-order chi connectivity index (χ1) is 14.3. The van der Waals surface area contributed by atoms with E-state index in [2.05, 4.69) is 0 Å². The molecule has 0 radical (unpaired) electrons. The summed E-state index contributed by atoms with van der Waals surface area (Å²) in [5.41, 5.74) is 7.22. The number of hydrogen-bond acceptors (Lipinski definition) is 6. The molecule has 160 valence electrons. The molecular formula is C21H22Cl2N2O5. The Hall–Kier alpha value is -2.48. The Labute approximate surface area is 183 Å². The maximum absolute atomic E-state index is 13.5. The molecule has 1 aromatic heterocycles. The number of pyridine rings is 1. The van der Waals surface area contributed by atoms with Gasteiger partial charge in [0.1, 0.15) is 11.3 Å². The van der Waals surface area contributed by atoms with Crippen molar-refractivity contribution >= 4 is 29.2 Å². The molecule has 30 heavy (non-hydrogen) atoms. The van der Waals surface area contributed by atoms with E-state index in [1.165, 1.54) is 0 Å². The summed E-state index contributed by atoms with van der Waals surface area (Å²) in [5, 5.41) is 0.713. The summed E-state index contributed by atoms with van der Waals surface area (Å²) in [6.45, 7) is 4.28. The molecule has 0 saturated carbocycles. The summed E-state index contributed by atoms with van der Waals surface area (Å²) in [6, 6.07) is 6.55. The van der Waals surface area contributed by atoms with Crippen LogP contribution in [0.2, 0.25) is 10.0 Å². The Balaban J connectivity index is 2.31. The standard InChI is InChI=1S/C21H22Cl2N2O5/c1-4-29-21(27)18-16(13-6-5-12(22)10-14(13)23)17-15(30-19(18)24)9-11(2)25(20(17)26)7-8-28-3/h5-6,9-10,16H,4,7-8,24H2,1-3H3. The van der Waals surface area contributed by atoms with Gasteiger partial charge in [-0.05, 0) is 31.5 Å². The van der Waals surface area contributed by atoms with Gasteiger partial charge in [-0.1, -0.05) is 29.3 Å². The number of fused-ring (bicyclic) bond motifs is 1. The lowest BCUT2D eigenvalue weighted by Crippen LogP contribution is -2.35. The first-order valence-electron chi connectivity index (χ1n) is 9.32. The van der Waals surface area contributed by atoms with Crippen LogP contribution in [0, 0.1) is 6.92 Å². The summed E-state index contributed by atoms with van der Waals surface area (Å²) in [6.07, 6.45) is 0. The van der Waals surface area contributed by atoms with Gasteiger partial charge in [-0.3, -0.25) is 4.79 Å². The number of carbonyl (C=O) groups is 1. The highest BCUT2D eigenvalue weighted by molar-refractivity contribution is 6.35. The van der Waals surface area contributed by atoms with Crippen molar-refractivity contribution in [2.24, 2.45) is 5.73 Å². The van der Waals surface area contributed by atoms with Crippen LogP contribution in [0.4, 0.5) is 0 Å². The largest absolute Gasteiger partial charge is 0.462 e. The van der Waals surface area contributed by atoms with Gasteiger partial charge in [-0.2, -0.15) is 0 Å². The molecule has 1 aliphatic heterocycles. The van der Waals surface area contributed by atoms with E-state index in [9.17, 15) is 9.59 Å². The number of rotatable bonds is 6. The van der Waals surface area contributed by atoms with Crippen molar-refractivity contribution in [1.82, 2.24) is 4.57 Å². The third-order valence-electron chi connectivity index (χ3n) is 4.86. The van der Waals surface area contributed by atoms with E-state index >= 15 is 0 Å².